The molecule has 0 bridgehead atoms. The van der Waals surface area contributed by atoms with E-state index in [4.69, 9.17) is 11.6 Å². The van der Waals surface area contributed by atoms with E-state index in [2.05, 4.69) is 19.2 Å². The summed E-state index contributed by atoms with van der Waals surface area (Å²) in [7, 11) is 0. The van der Waals surface area contributed by atoms with Crippen LogP contribution in [0.3, 0.4) is 0 Å². The predicted molar refractivity (Wildman–Crippen MR) is 75.3 cm³/mol. The highest BCUT2D eigenvalue weighted by Gasteiger charge is 2.08. The highest BCUT2D eigenvalue weighted by Crippen LogP contribution is 2.26. The molecule has 1 aromatic carbocycles. The SMILES string of the molecule is CC(C)CCCCNc1ccc([N+](=O)[O-])cc1Cl. The van der Waals surface area contributed by atoms with Crippen molar-refractivity contribution in [2.45, 2.75) is 33.1 Å². The van der Waals surface area contributed by atoms with Crippen molar-refractivity contribution < 1.29 is 4.92 Å². The molecule has 1 rings (SSSR count). The molecule has 18 heavy (non-hydrogen) atoms. The van der Waals surface area contributed by atoms with Crippen LogP contribution in [0.5, 0.6) is 0 Å². The molecule has 0 saturated carbocycles. The number of hydrogen-bond donors (Lipinski definition) is 1. The number of hydrogen-bond acceptors (Lipinski definition) is 3. The Kier molecular flexibility index (Phi) is 5.92. The molecule has 0 aliphatic rings. The van der Waals surface area contributed by atoms with E-state index in [1.807, 2.05) is 0 Å². The van der Waals surface area contributed by atoms with E-state index < -0.39 is 4.92 Å². The summed E-state index contributed by atoms with van der Waals surface area (Å²) in [5.74, 6) is 0.730. The molecule has 0 spiro atoms. The number of nitro benzene ring substituents is 1. The molecule has 5 heteroatoms. The third-order valence-corrected chi connectivity index (χ3v) is 3.00. The lowest BCUT2D eigenvalue weighted by atomic mass is 10.1. The zero-order chi connectivity index (χ0) is 13.5. The van der Waals surface area contributed by atoms with Crippen LogP contribution in [-0.2, 0) is 0 Å². The molecule has 0 heterocycles. The van der Waals surface area contributed by atoms with Gasteiger partial charge in [-0.2, -0.15) is 0 Å². The number of nitrogens with one attached hydrogen (secondary N) is 1. The van der Waals surface area contributed by atoms with Crippen molar-refractivity contribution in [1.82, 2.24) is 0 Å². The molecule has 4 nitrogen and oxygen atoms in total. The smallest absolute Gasteiger partial charge is 0.271 e. The van der Waals surface area contributed by atoms with Gasteiger partial charge < -0.3 is 5.32 Å². The van der Waals surface area contributed by atoms with Gasteiger partial charge in [-0.3, -0.25) is 10.1 Å². The molecule has 0 aliphatic carbocycles. The van der Waals surface area contributed by atoms with Gasteiger partial charge in [-0.05, 0) is 18.4 Å². The molecule has 0 aromatic heterocycles. The normalized spacial score (nSPS) is 10.7. The lowest BCUT2D eigenvalue weighted by molar-refractivity contribution is -0.384. The Hall–Kier alpha value is -1.29. The first kappa shape index (κ1) is 14.8. The first-order valence-corrected chi connectivity index (χ1v) is 6.56. The van der Waals surface area contributed by atoms with Crippen LogP contribution >= 0.6 is 11.6 Å². The Morgan fingerprint density at radius 1 is 1.39 bits per heavy atom. The maximum Gasteiger partial charge on any atom is 0.271 e. The maximum absolute atomic E-state index is 10.6. The van der Waals surface area contributed by atoms with Crippen LogP contribution in [0.15, 0.2) is 18.2 Å². The van der Waals surface area contributed by atoms with Gasteiger partial charge in [0.15, 0.2) is 0 Å². The van der Waals surface area contributed by atoms with E-state index >= 15 is 0 Å². The second-order valence-electron chi connectivity index (χ2n) is 4.74. The monoisotopic (exact) mass is 270 g/mol. The van der Waals surface area contributed by atoms with Crippen LogP contribution in [0.1, 0.15) is 33.1 Å². The topological polar surface area (TPSA) is 55.2 Å². The minimum Gasteiger partial charge on any atom is -0.384 e. The fourth-order valence-corrected chi connectivity index (χ4v) is 1.90. The average Bonchev–Trinajstić information content (AvgIpc) is 2.29. The summed E-state index contributed by atoms with van der Waals surface area (Å²) in [6.45, 7) is 5.26. The van der Waals surface area contributed by atoms with Gasteiger partial charge in [-0.25, -0.2) is 0 Å². The first-order chi connectivity index (χ1) is 8.50. The number of halogens is 1. The largest absolute Gasteiger partial charge is 0.384 e. The number of nitrogens with zero attached hydrogens (tertiary/aromatic N) is 1. The highest BCUT2D eigenvalue weighted by molar-refractivity contribution is 6.33. The van der Waals surface area contributed by atoms with E-state index in [-0.39, 0.29) is 5.69 Å². The molecule has 0 fully saturated rings. The Morgan fingerprint density at radius 2 is 2.11 bits per heavy atom. The molecular weight excluding hydrogens is 252 g/mol. The van der Waals surface area contributed by atoms with Crippen molar-refractivity contribution in [2.24, 2.45) is 5.92 Å². The number of unbranched alkanes of at least 4 members (excludes halogenated alkanes) is 1. The quantitative estimate of drug-likeness (QED) is 0.451. The molecular formula is C13H19ClN2O2. The summed E-state index contributed by atoms with van der Waals surface area (Å²) >= 11 is 5.97. The van der Waals surface area contributed by atoms with Gasteiger partial charge in [0.05, 0.1) is 15.6 Å². The summed E-state index contributed by atoms with van der Waals surface area (Å²) in [5, 5.41) is 14.1. The lowest BCUT2D eigenvalue weighted by Gasteiger charge is -2.08. The molecule has 1 N–H and O–H groups in total. The van der Waals surface area contributed by atoms with Crippen molar-refractivity contribution in [2.75, 3.05) is 11.9 Å². The second-order valence-corrected chi connectivity index (χ2v) is 5.14. The van der Waals surface area contributed by atoms with E-state index in [0.717, 1.165) is 24.6 Å². The maximum atomic E-state index is 10.6. The third-order valence-electron chi connectivity index (χ3n) is 2.69. The number of anilines is 1. The lowest BCUT2D eigenvalue weighted by Crippen LogP contribution is -2.03. The number of rotatable bonds is 7. The molecule has 1 aromatic rings. The van der Waals surface area contributed by atoms with Crippen LogP contribution in [0, 0.1) is 16.0 Å². The fourth-order valence-electron chi connectivity index (χ4n) is 1.66. The van der Waals surface area contributed by atoms with Crippen LogP contribution in [-0.4, -0.2) is 11.5 Å². The average molecular weight is 271 g/mol. The Bertz CT molecular complexity index is 408. The number of nitro groups is 1. The van der Waals surface area contributed by atoms with Gasteiger partial charge in [-0.1, -0.05) is 38.3 Å². The Morgan fingerprint density at radius 3 is 2.67 bits per heavy atom. The molecule has 0 aliphatic heterocycles. The molecule has 0 unspecified atom stereocenters. The molecule has 100 valence electrons. The van der Waals surface area contributed by atoms with Crippen LogP contribution in [0.2, 0.25) is 5.02 Å². The van der Waals surface area contributed by atoms with Gasteiger partial charge in [0.25, 0.3) is 5.69 Å². The summed E-state index contributed by atoms with van der Waals surface area (Å²) in [4.78, 5) is 10.1. The minimum absolute atomic E-state index is 0.0188. The summed E-state index contributed by atoms with van der Waals surface area (Å²) < 4.78 is 0. The second kappa shape index (κ2) is 7.21. The van der Waals surface area contributed by atoms with Gasteiger partial charge >= 0.3 is 0 Å². The van der Waals surface area contributed by atoms with E-state index in [1.54, 1.807) is 6.07 Å². The zero-order valence-corrected chi connectivity index (χ0v) is 11.5. The molecule has 0 radical (unpaired) electrons. The van der Waals surface area contributed by atoms with Crippen molar-refractivity contribution in [3.05, 3.63) is 33.3 Å². The summed E-state index contributed by atoms with van der Waals surface area (Å²) in [5.41, 5.74) is 0.775. The first-order valence-electron chi connectivity index (χ1n) is 6.18. The van der Waals surface area contributed by atoms with Crippen molar-refractivity contribution >= 4 is 23.0 Å². The standard InChI is InChI=1S/C13H19ClN2O2/c1-10(2)5-3-4-8-15-13-7-6-11(16(17)18)9-12(13)14/h6-7,9-10,15H,3-5,8H2,1-2H3. The molecule has 0 atom stereocenters. The molecule has 0 amide bonds. The van der Waals surface area contributed by atoms with Crippen LogP contribution in [0.4, 0.5) is 11.4 Å². The number of non-ortho nitro benzene ring substituents is 1. The van der Waals surface area contributed by atoms with Crippen LogP contribution < -0.4 is 5.32 Å². The minimum atomic E-state index is -0.446. The van der Waals surface area contributed by atoms with Crippen molar-refractivity contribution in [3.63, 3.8) is 0 Å². The van der Waals surface area contributed by atoms with E-state index in [9.17, 15) is 10.1 Å². The van der Waals surface area contributed by atoms with Crippen molar-refractivity contribution in [3.8, 4) is 0 Å². The third kappa shape index (κ3) is 4.92. The van der Waals surface area contributed by atoms with E-state index in [0.29, 0.717) is 5.02 Å². The van der Waals surface area contributed by atoms with Gasteiger partial charge in [0, 0.05) is 18.7 Å². The van der Waals surface area contributed by atoms with Gasteiger partial charge in [0.2, 0.25) is 0 Å². The summed E-state index contributed by atoms with van der Waals surface area (Å²) in [6, 6.07) is 4.49. The zero-order valence-electron chi connectivity index (χ0n) is 10.8. The highest BCUT2D eigenvalue weighted by atomic mass is 35.5. The van der Waals surface area contributed by atoms with E-state index in [1.165, 1.54) is 25.0 Å². The summed E-state index contributed by atoms with van der Waals surface area (Å²) in [6.07, 6.45) is 3.47. The molecule has 0 saturated heterocycles. The predicted octanol–water partition coefficient (Wildman–Crippen LogP) is 4.49. The van der Waals surface area contributed by atoms with Gasteiger partial charge in [-0.15, -0.1) is 0 Å². The van der Waals surface area contributed by atoms with Gasteiger partial charge in [0.1, 0.15) is 0 Å². The Labute approximate surface area is 112 Å². The Balaban J connectivity index is 2.41. The van der Waals surface area contributed by atoms with Crippen molar-refractivity contribution in [1.29, 1.82) is 0 Å². The number of benzene rings is 1. The fraction of sp³-hybridized carbons (Fsp3) is 0.538. The van der Waals surface area contributed by atoms with Crippen LogP contribution in [0.25, 0.3) is 0 Å².